The van der Waals surface area contributed by atoms with Gasteiger partial charge in [-0.1, -0.05) is 42.5 Å². The van der Waals surface area contributed by atoms with E-state index in [9.17, 15) is 4.39 Å². The first kappa shape index (κ1) is 22.3. The number of hydrogen-bond donors (Lipinski definition) is 1. The molecular weight excluding hydrogens is 405 g/mol. The number of rotatable bonds is 8. The van der Waals surface area contributed by atoms with Gasteiger partial charge in [0.2, 0.25) is 0 Å². The molecule has 3 aromatic rings. The Labute approximate surface area is 189 Å². The van der Waals surface area contributed by atoms with Crippen molar-refractivity contribution in [2.45, 2.75) is 51.8 Å². The Morgan fingerprint density at radius 3 is 2.41 bits per heavy atom. The fourth-order valence-electron chi connectivity index (χ4n) is 4.09. The summed E-state index contributed by atoms with van der Waals surface area (Å²) in [5.74, 6) is 0.517. The van der Waals surface area contributed by atoms with Gasteiger partial charge in [-0.15, -0.1) is 0 Å². The molecule has 0 amide bonds. The lowest BCUT2D eigenvalue weighted by molar-refractivity contribution is -0.170. The number of anilines is 1. The monoisotopic (exact) mass is 435 g/mol. The van der Waals surface area contributed by atoms with Gasteiger partial charge >= 0.3 is 0 Å². The van der Waals surface area contributed by atoms with Gasteiger partial charge in [0.25, 0.3) is 0 Å². The number of ether oxygens (including phenoxy) is 3. The molecule has 168 valence electrons. The summed E-state index contributed by atoms with van der Waals surface area (Å²) in [7, 11) is 0. The van der Waals surface area contributed by atoms with Crippen LogP contribution in [0.25, 0.3) is 0 Å². The number of benzene rings is 3. The molecule has 2 unspecified atom stereocenters. The molecular formula is C27H30FNO3. The van der Waals surface area contributed by atoms with Gasteiger partial charge in [-0.2, -0.15) is 0 Å². The highest BCUT2D eigenvalue weighted by Crippen LogP contribution is 2.45. The van der Waals surface area contributed by atoms with Gasteiger partial charge in [-0.05, 0) is 62.2 Å². The number of halogens is 1. The molecule has 0 saturated carbocycles. The molecule has 4 rings (SSSR count). The normalized spacial score (nSPS) is 19.1. The third kappa shape index (κ3) is 5.12. The minimum Gasteiger partial charge on any atom is -0.485 e. The minimum absolute atomic E-state index is 0.267. The van der Waals surface area contributed by atoms with E-state index in [-0.39, 0.29) is 24.6 Å². The third-order valence-corrected chi connectivity index (χ3v) is 5.62. The van der Waals surface area contributed by atoms with Crippen molar-refractivity contribution in [2.24, 2.45) is 0 Å². The van der Waals surface area contributed by atoms with Gasteiger partial charge in [-0.3, -0.25) is 0 Å². The van der Waals surface area contributed by atoms with Crippen LogP contribution in [-0.2, 0) is 22.7 Å². The summed E-state index contributed by atoms with van der Waals surface area (Å²) in [5, 5.41) is 3.36. The summed E-state index contributed by atoms with van der Waals surface area (Å²) in [6.45, 7) is 7.61. The summed E-state index contributed by atoms with van der Waals surface area (Å²) < 4.78 is 32.9. The van der Waals surface area contributed by atoms with Crippen molar-refractivity contribution in [3.05, 3.63) is 95.3 Å². The van der Waals surface area contributed by atoms with Crippen LogP contribution in [-0.4, -0.2) is 18.2 Å². The molecule has 2 atom stereocenters. The van der Waals surface area contributed by atoms with Crippen LogP contribution in [0.5, 0.6) is 5.75 Å². The van der Waals surface area contributed by atoms with E-state index in [4.69, 9.17) is 14.2 Å². The fraction of sp³-hybridized carbons (Fsp3) is 0.333. The summed E-state index contributed by atoms with van der Waals surface area (Å²) in [4.78, 5) is 0. The zero-order chi connectivity index (χ0) is 22.6. The van der Waals surface area contributed by atoms with E-state index in [1.807, 2.05) is 62.4 Å². The maximum atomic E-state index is 13.7. The van der Waals surface area contributed by atoms with Crippen molar-refractivity contribution in [1.29, 1.82) is 0 Å². The largest absolute Gasteiger partial charge is 0.485 e. The van der Waals surface area contributed by atoms with Crippen molar-refractivity contribution in [3.8, 4) is 5.75 Å². The summed E-state index contributed by atoms with van der Waals surface area (Å²) >= 11 is 0. The molecule has 0 saturated heterocycles. The Kier molecular flexibility index (Phi) is 6.77. The van der Waals surface area contributed by atoms with Gasteiger partial charge in [0, 0.05) is 17.8 Å². The van der Waals surface area contributed by atoms with Crippen LogP contribution in [0.4, 0.5) is 10.1 Å². The Balaban J connectivity index is 1.64. The molecule has 1 aliphatic rings. The van der Waals surface area contributed by atoms with E-state index in [1.165, 1.54) is 12.1 Å². The van der Waals surface area contributed by atoms with E-state index in [1.54, 1.807) is 6.07 Å². The van der Waals surface area contributed by atoms with Gasteiger partial charge in [-0.25, -0.2) is 4.39 Å². The topological polar surface area (TPSA) is 39.7 Å². The molecule has 0 radical (unpaired) electrons. The predicted octanol–water partition coefficient (Wildman–Crippen LogP) is 6.27. The molecule has 0 aromatic heterocycles. The number of nitrogens with one attached hydrogen (secondary N) is 1. The van der Waals surface area contributed by atoms with Gasteiger partial charge in [0.1, 0.15) is 29.4 Å². The number of fused-ring (bicyclic) bond motifs is 1. The van der Waals surface area contributed by atoms with E-state index in [2.05, 4.69) is 18.3 Å². The highest BCUT2D eigenvalue weighted by Gasteiger charge is 2.45. The summed E-state index contributed by atoms with van der Waals surface area (Å²) in [6.07, 6.45) is -0.736. The second-order valence-electron chi connectivity index (χ2n) is 8.57. The fourth-order valence-corrected chi connectivity index (χ4v) is 4.09. The Morgan fingerprint density at radius 1 is 0.906 bits per heavy atom. The number of hydrogen-bond acceptors (Lipinski definition) is 4. The average Bonchev–Trinajstić information content (AvgIpc) is 2.77. The Bertz CT molecular complexity index is 1040. The van der Waals surface area contributed by atoms with Crippen molar-refractivity contribution in [2.75, 3.05) is 11.9 Å². The smallest absolute Gasteiger partial charge is 0.132 e. The summed E-state index contributed by atoms with van der Waals surface area (Å²) in [6, 6.07) is 22.6. The maximum Gasteiger partial charge on any atom is 0.132 e. The van der Waals surface area contributed by atoms with Crippen molar-refractivity contribution >= 4 is 5.69 Å². The van der Waals surface area contributed by atoms with Crippen LogP contribution in [0.1, 0.15) is 43.6 Å². The second-order valence-corrected chi connectivity index (χ2v) is 8.57. The Morgan fingerprint density at radius 2 is 1.66 bits per heavy atom. The van der Waals surface area contributed by atoms with E-state index in [0.717, 1.165) is 34.7 Å². The van der Waals surface area contributed by atoms with Crippen LogP contribution in [0.3, 0.4) is 0 Å². The minimum atomic E-state index is -0.638. The summed E-state index contributed by atoms with van der Waals surface area (Å²) in [5.41, 5.74) is 3.18. The quantitative estimate of drug-likeness (QED) is 0.453. The van der Waals surface area contributed by atoms with E-state index < -0.39 is 5.60 Å². The molecule has 3 aromatic carbocycles. The molecule has 0 fully saturated rings. The lowest BCUT2D eigenvalue weighted by Crippen LogP contribution is -2.50. The van der Waals surface area contributed by atoms with Gasteiger partial charge in [0.15, 0.2) is 0 Å². The highest BCUT2D eigenvalue weighted by atomic mass is 19.1. The molecule has 1 heterocycles. The van der Waals surface area contributed by atoms with Crippen molar-refractivity contribution in [3.63, 3.8) is 0 Å². The van der Waals surface area contributed by atoms with E-state index in [0.29, 0.717) is 6.61 Å². The molecule has 32 heavy (non-hydrogen) atoms. The highest BCUT2D eigenvalue weighted by molar-refractivity contribution is 5.53. The van der Waals surface area contributed by atoms with E-state index >= 15 is 0 Å². The van der Waals surface area contributed by atoms with Gasteiger partial charge < -0.3 is 19.5 Å². The Hall–Kier alpha value is -2.89. The lowest BCUT2D eigenvalue weighted by atomic mass is 9.87. The van der Waals surface area contributed by atoms with Crippen LogP contribution >= 0.6 is 0 Å². The van der Waals surface area contributed by atoms with Crippen LogP contribution < -0.4 is 10.1 Å². The van der Waals surface area contributed by atoms with Crippen LogP contribution in [0.15, 0.2) is 72.8 Å². The zero-order valence-corrected chi connectivity index (χ0v) is 18.8. The molecule has 4 nitrogen and oxygen atoms in total. The molecule has 0 aliphatic carbocycles. The van der Waals surface area contributed by atoms with Gasteiger partial charge in [0.05, 0.1) is 13.2 Å². The molecule has 1 aliphatic heterocycles. The first-order valence-corrected chi connectivity index (χ1v) is 11.0. The third-order valence-electron chi connectivity index (χ3n) is 5.62. The zero-order valence-electron chi connectivity index (χ0n) is 18.8. The van der Waals surface area contributed by atoms with Crippen molar-refractivity contribution < 1.29 is 18.6 Å². The van der Waals surface area contributed by atoms with Crippen LogP contribution in [0.2, 0.25) is 0 Å². The molecule has 1 N–H and O–H groups in total. The first-order chi connectivity index (χ1) is 15.5. The molecule has 0 bridgehead atoms. The predicted molar refractivity (Wildman–Crippen MR) is 124 cm³/mol. The molecule has 5 heteroatoms. The van der Waals surface area contributed by atoms with Crippen molar-refractivity contribution in [1.82, 2.24) is 0 Å². The van der Waals surface area contributed by atoms with Crippen LogP contribution in [0, 0.1) is 5.82 Å². The second kappa shape index (κ2) is 9.72. The first-order valence-electron chi connectivity index (χ1n) is 11.0. The molecule has 0 spiro atoms. The standard InChI is InChI=1S/C27H30FNO3/c1-4-29-22-13-14-24-23(16-22)25(30-17-19-9-6-5-7-10-19)26(27(2,3)32-24)31-18-20-11-8-12-21(28)15-20/h5-16,25-26,29H,4,17-18H2,1-3H3. The SMILES string of the molecule is CCNc1ccc2c(c1)C(OCc1ccccc1)C(OCc1cccc(F)c1)C(C)(C)O2. The lowest BCUT2D eigenvalue weighted by Gasteiger charge is -2.44. The maximum absolute atomic E-state index is 13.7. The average molecular weight is 436 g/mol.